The van der Waals surface area contributed by atoms with Crippen molar-refractivity contribution in [2.75, 3.05) is 0 Å². The van der Waals surface area contributed by atoms with Crippen LogP contribution >= 0.6 is 0 Å². The first-order valence-corrected chi connectivity index (χ1v) is 7.32. The van der Waals surface area contributed by atoms with E-state index in [0.717, 1.165) is 25.0 Å². The number of hydrogen-bond acceptors (Lipinski definition) is 2. The first-order chi connectivity index (χ1) is 9.78. The Hall–Kier alpha value is -1.96. The van der Waals surface area contributed by atoms with Gasteiger partial charge in [0.05, 0.1) is 0 Å². The lowest BCUT2D eigenvalue weighted by molar-refractivity contribution is -0.119. The van der Waals surface area contributed by atoms with Gasteiger partial charge in [-0.05, 0) is 42.0 Å². The van der Waals surface area contributed by atoms with Crippen LogP contribution in [0.4, 0.5) is 0 Å². The Labute approximate surface area is 119 Å². The van der Waals surface area contributed by atoms with Gasteiger partial charge in [-0.15, -0.1) is 0 Å². The van der Waals surface area contributed by atoms with Crippen molar-refractivity contribution in [3.05, 3.63) is 65.0 Å². The van der Waals surface area contributed by atoms with Crippen LogP contribution in [0.3, 0.4) is 0 Å². The number of ketones is 1. The van der Waals surface area contributed by atoms with Gasteiger partial charge in [0.2, 0.25) is 0 Å². The highest BCUT2D eigenvalue weighted by Gasteiger charge is 2.27. The van der Waals surface area contributed by atoms with Gasteiger partial charge in [0, 0.05) is 24.2 Å². The van der Waals surface area contributed by atoms with Gasteiger partial charge >= 0.3 is 0 Å². The monoisotopic (exact) mass is 265 g/mol. The molecule has 2 aromatic rings. The van der Waals surface area contributed by atoms with Crippen LogP contribution in [0.5, 0.6) is 0 Å². The molecular weight excluding hydrogens is 246 g/mol. The van der Waals surface area contributed by atoms with Crippen LogP contribution in [0.2, 0.25) is 0 Å². The highest BCUT2D eigenvalue weighted by atomic mass is 16.1. The normalized spacial score (nSPS) is 16.9. The Morgan fingerprint density at radius 2 is 2.10 bits per heavy atom. The second kappa shape index (κ2) is 5.58. The number of rotatable bonds is 4. The number of Topliss-reactive ketones (excluding diaryl/α,β-unsaturated/α-hetero) is 1. The predicted octanol–water partition coefficient (Wildman–Crippen LogP) is 3.49. The SMILES string of the molecule is CCc1ccc(CC(=O)C2CCc3ccccc32)nc1. The molecule has 0 fully saturated rings. The number of aromatic nitrogens is 1. The zero-order valence-electron chi connectivity index (χ0n) is 11.8. The minimum absolute atomic E-state index is 0.0684. The zero-order chi connectivity index (χ0) is 13.9. The third-order valence-electron chi connectivity index (χ3n) is 4.17. The number of carbonyl (C=O) groups excluding carboxylic acids is 1. The topological polar surface area (TPSA) is 30.0 Å². The summed E-state index contributed by atoms with van der Waals surface area (Å²) in [5.74, 6) is 0.366. The van der Waals surface area contributed by atoms with Crippen molar-refractivity contribution in [3.63, 3.8) is 0 Å². The molecule has 0 radical (unpaired) electrons. The second-order valence-corrected chi connectivity index (χ2v) is 5.44. The van der Waals surface area contributed by atoms with E-state index >= 15 is 0 Å². The number of benzene rings is 1. The Morgan fingerprint density at radius 3 is 2.85 bits per heavy atom. The minimum Gasteiger partial charge on any atom is -0.299 e. The summed E-state index contributed by atoms with van der Waals surface area (Å²) >= 11 is 0. The van der Waals surface area contributed by atoms with E-state index < -0.39 is 0 Å². The van der Waals surface area contributed by atoms with E-state index in [0.29, 0.717) is 12.2 Å². The first-order valence-electron chi connectivity index (χ1n) is 7.32. The molecule has 20 heavy (non-hydrogen) atoms. The van der Waals surface area contributed by atoms with E-state index in [2.05, 4.69) is 36.2 Å². The molecule has 1 aliphatic rings. The van der Waals surface area contributed by atoms with E-state index in [4.69, 9.17) is 0 Å². The summed E-state index contributed by atoms with van der Waals surface area (Å²) in [6.07, 6.45) is 5.28. The number of pyridine rings is 1. The molecule has 3 rings (SSSR count). The van der Waals surface area contributed by atoms with Crippen molar-refractivity contribution in [2.24, 2.45) is 0 Å². The van der Waals surface area contributed by atoms with Crippen molar-refractivity contribution >= 4 is 5.78 Å². The maximum Gasteiger partial charge on any atom is 0.146 e. The van der Waals surface area contributed by atoms with Crippen LogP contribution < -0.4 is 0 Å². The van der Waals surface area contributed by atoms with Gasteiger partial charge in [-0.2, -0.15) is 0 Å². The van der Waals surface area contributed by atoms with Crippen LogP contribution in [0.25, 0.3) is 0 Å². The van der Waals surface area contributed by atoms with Crippen LogP contribution in [0.1, 0.15) is 41.6 Å². The fourth-order valence-electron chi connectivity index (χ4n) is 2.96. The molecule has 1 unspecified atom stereocenters. The van der Waals surface area contributed by atoms with Gasteiger partial charge in [0.15, 0.2) is 0 Å². The van der Waals surface area contributed by atoms with Gasteiger partial charge in [-0.3, -0.25) is 9.78 Å². The van der Waals surface area contributed by atoms with Crippen molar-refractivity contribution < 1.29 is 4.79 Å². The summed E-state index contributed by atoms with van der Waals surface area (Å²) in [4.78, 5) is 16.9. The fraction of sp³-hybridized carbons (Fsp3) is 0.333. The summed E-state index contributed by atoms with van der Waals surface area (Å²) in [7, 11) is 0. The molecule has 2 nitrogen and oxygen atoms in total. The predicted molar refractivity (Wildman–Crippen MR) is 79.8 cm³/mol. The Kier molecular flexibility index (Phi) is 3.64. The summed E-state index contributed by atoms with van der Waals surface area (Å²) in [5, 5.41) is 0. The molecule has 0 bridgehead atoms. The summed E-state index contributed by atoms with van der Waals surface area (Å²) in [6, 6.07) is 12.4. The number of fused-ring (bicyclic) bond motifs is 1. The summed E-state index contributed by atoms with van der Waals surface area (Å²) < 4.78 is 0. The molecule has 0 spiro atoms. The molecule has 0 saturated heterocycles. The second-order valence-electron chi connectivity index (χ2n) is 5.44. The third kappa shape index (κ3) is 2.51. The molecule has 0 aliphatic heterocycles. The molecule has 2 heteroatoms. The van der Waals surface area contributed by atoms with Gasteiger partial charge in [-0.1, -0.05) is 37.3 Å². The van der Waals surface area contributed by atoms with E-state index in [1.54, 1.807) is 0 Å². The number of nitrogens with zero attached hydrogens (tertiary/aromatic N) is 1. The molecule has 1 aromatic carbocycles. The van der Waals surface area contributed by atoms with Crippen molar-refractivity contribution in [2.45, 2.75) is 38.5 Å². The number of carbonyl (C=O) groups is 1. The average Bonchev–Trinajstić information content (AvgIpc) is 2.92. The van der Waals surface area contributed by atoms with Gasteiger partial charge in [0.1, 0.15) is 5.78 Å². The van der Waals surface area contributed by atoms with Crippen molar-refractivity contribution in [1.82, 2.24) is 4.98 Å². The highest BCUT2D eigenvalue weighted by molar-refractivity contribution is 5.88. The van der Waals surface area contributed by atoms with E-state index in [1.165, 1.54) is 16.7 Å². The van der Waals surface area contributed by atoms with Crippen LogP contribution in [0, 0.1) is 0 Å². The molecule has 1 aliphatic carbocycles. The Morgan fingerprint density at radius 1 is 1.25 bits per heavy atom. The van der Waals surface area contributed by atoms with E-state index in [-0.39, 0.29) is 5.92 Å². The Bertz CT molecular complexity index is 616. The maximum absolute atomic E-state index is 12.5. The molecule has 1 heterocycles. The lowest BCUT2D eigenvalue weighted by Gasteiger charge is -2.10. The lowest BCUT2D eigenvalue weighted by atomic mass is 9.94. The minimum atomic E-state index is 0.0684. The number of hydrogen-bond donors (Lipinski definition) is 0. The zero-order valence-corrected chi connectivity index (χ0v) is 11.8. The van der Waals surface area contributed by atoms with Crippen LogP contribution in [-0.4, -0.2) is 10.8 Å². The quantitative estimate of drug-likeness (QED) is 0.847. The van der Waals surface area contributed by atoms with Gasteiger partial charge in [-0.25, -0.2) is 0 Å². The van der Waals surface area contributed by atoms with Gasteiger partial charge < -0.3 is 0 Å². The van der Waals surface area contributed by atoms with Crippen LogP contribution in [0.15, 0.2) is 42.6 Å². The third-order valence-corrected chi connectivity index (χ3v) is 4.17. The molecular formula is C18H19NO. The van der Waals surface area contributed by atoms with Crippen molar-refractivity contribution in [3.8, 4) is 0 Å². The summed E-state index contributed by atoms with van der Waals surface area (Å²) in [6.45, 7) is 2.11. The van der Waals surface area contributed by atoms with Crippen molar-refractivity contribution in [1.29, 1.82) is 0 Å². The lowest BCUT2D eigenvalue weighted by Crippen LogP contribution is -2.13. The molecule has 0 amide bonds. The number of aryl methyl sites for hydroxylation is 2. The fourth-order valence-corrected chi connectivity index (χ4v) is 2.96. The standard InChI is InChI=1S/C18H19NO/c1-2-13-7-9-15(19-12-13)11-18(20)17-10-8-14-5-3-4-6-16(14)17/h3-7,9,12,17H,2,8,10-11H2,1H3. The smallest absolute Gasteiger partial charge is 0.146 e. The molecule has 1 aromatic heterocycles. The largest absolute Gasteiger partial charge is 0.299 e. The van der Waals surface area contributed by atoms with Gasteiger partial charge in [0.25, 0.3) is 0 Å². The van der Waals surface area contributed by atoms with Crippen LogP contribution in [-0.2, 0) is 24.1 Å². The Balaban J connectivity index is 1.74. The van der Waals surface area contributed by atoms with E-state index in [1.807, 2.05) is 18.3 Å². The molecule has 0 N–H and O–H groups in total. The molecule has 1 atom stereocenters. The van der Waals surface area contributed by atoms with E-state index in [9.17, 15) is 4.79 Å². The molecule has 102 valence electrons. The summed E-state index contributed by atoms with van der Waals surface area (Å²) in [5.41, 5.74) is 4.66. The first kappa shape index (κ1) is 13.0. The maximum atomic E-state index is 12.5. The molecule has 0 saturated carbocycles. The highest BCUT2D eigenvalue weighted by Crippen LogP contribution is 2.34. The average molecular weight is 265 g/mol.